The number of aliphatic imine (C=N–C) groups is 1. The summed E-state index contributed by atoms with van der Waals surface area (Å²) in [7, 11) is 0. The molecule has 6 nitrogen and oxygen atoms in total. The van der Waals surface area contributed by atoms with Crippen molar-refractivity contribution in [2.24, 2.45) is 10.9 Å². The number of hydrogen-bond acceptors (Lipinski definition) is 5. The summed E-state index contributed by atoms with van der Waals surface area (Å²) in [5.41, 5.74) is 6.65. The number of halogens is 1. The fourth-order valence-electron chi connectivity index (χ4n) is 5.38. The van der Waals surface area contributed by atoms with Crippen molar-refractivity contribution in [3.8, 4) is 5.75 Å². The van der Waals surface area contributed by atoms with Crippen LogP contribution in [0, 0.1) is 16.0 Å². The van der Waals surface area contributed by atoms with Crippen LogP contribution in [0.25, 0.3) is 0 Å². The lowest BCUT2D eigenvalue weighted by Gasteiger charge is -2.37. The van der Waals surface area contributed by atoms with E-state index in [1.54, 1.807) is 12.1 Å². The maximum Gasteiger partial charge on any atom is 0.269 e. The average Bonchev–Trinajstić information content (AvgIpc) is 3.46. The Morgan fingerprint density at radius 3 is 2.59 bits per heavy atom. The molecule has 1 aliphatic carbocycles. The Hall–Kier alpha value is -4.23. The summed E-state index contributed by atoms with van der Waals surface area (Å²) in [5.74, 6) is 1.67. The first kappa shape index (κ1) is 25.1. The van der Waals surface area contributed by atoms with Gasteiger partial charge in [-0.25, -0.2) is 0 Å². The number of allylic oxidation sites excluding steroid dienone is 2. The van der Waals surface area contributed by atoms with E-state index in [1.807, 2.05) is 24.4 Å². The van der Waals surface area contributed by atoms with Crippen LogP contribution in [0.1, 0.15) is 40.6 Å². The number of non-ortho nitro benzene ring substituents is 1. The molecule has 0 radical (unpaired) electrons. The maximum absolute atomic E-state index is 10.8. The van der Waals surface area contributed by atoms with Crippen LogP contribution in [0.15, 0.2) is 113 Å². The van der Waals surface area contributed by atoms with Crippen molar-refractivity contribution in [1.29, 1.82) is 0 Å². The van der Waals surface area contributed by atoms with Gasteiger partial charge in [-0.1, -0.05) is 42.5 Å². The number of anilines is 1. The molecule has 1 N–H and O–H groups in total. The van der Waals surface area contributed by atoms with E-state index in [-0.39, 0.29) is 11.7 Å². The highest BCUT2D eigenvalue weighted by Crippen LogP contribution is 2.49. The number of nitro benzene ring substituents is 1. The van der Waals surface area contributed by atoms with Gasteiger partial charge in [0.15, 0.2) is 0 Å². The molecule has 4 aromatic rings. The van der Waals surface area contributed by atoms with Crippen LogP contribution in [0.4, 0.5) is 17.1 Å². The third-order valence-electron chi connectivity index (χ3n) is 7.38. The van der Waals surface area contributed by atoms with Gasteiger partial charge in [0.05, 0.1) is 21.1 Å². The Morgan fingerprint density at radius 2 is 1.82 bits per heavy atom. The van der Waals surface area contributed by atoms with Gasteiger partial charge in [-0.05, 0) is 99.1 Å². The first-order valence-electron chi connectivity index (χ1n) is 12.9. The number of para-hydroxylation sites is 1. The lowest BCUT2D eigenvalue weighted by Crippen LogP contribution is -2.28. The van der Waals surface area contributed by atoms with Gasteiger partial charge in [0, 0.05) is 30.0 Å². The van der Waals surface area contributed by atoms with Gasteiger partial charge in [0.25, 0.3) is 5.69 Å². The van der Waals surface area contributed by atoms with Crippen LogP contribution in [0.5, 0.6) is 5.75 Å². The maximum atomic E-state index is 10.8. The molecule has 4 aromatic carbocycles. The molecule has 0 bridgehead atoms. The predicted molar refractivity (Wildman–Crippen MR) is 158 cm³/mol. The van der Waals surface area contributed by atoms with Crippen LogP contribution in [-0.2, 0) is 6.61 Å². The molecule has 1 aliphatic heterocycles. The van der Waals surface area contributed by atoms with Crippen molar-refractivity contribution in [2.75, 3.05) is 5.32 Å². The number of rotatable bonds is 7. The molecule has 0 amide bonds. The lowest BCUT2D eigenvalue weighted by molar-refractivity contribution is -0.384. The first-order valence-corrected chi connectivity index (χ1v) is 13.7. The van der Waals surface area contributed by atoms with Crippen LogP contribution in [0.3, 0.4) is 0 Å². The third-order valence-corrected chi connectivity index (χ3v) is 8.00. The first-order chi connectivity index (χ1) is 19.0. The van der Waals surface area contributed by atoms with Crippen LogP contribution >= 0.6 is 15.9 Å². The quantitative estimate of drug-likeness (QED) is 0.103. The zero-order valence-corrected chi connectivity index (χ0v) is 22.6. The van der Waals surface area contributed by atoms with Gasteiger partial charge in [0.2, 0.25) is 0 Å². The second kappa shape index (κ2) is 10.9. The second-order valence-electron chi connectivity index (χ2n) is 9.81. The van der Waals surface area contributed by atoms with Crippen molar-refractivity contribution < 1.29 is 9.66 Å². The molecule has 2 aliphatic rings. The molecule has 0 saturated heterocycles. The van der Waals surface area contributed by atoms with E-state index < -0.39 is 4.92 Å². The minimum absolute atomic E-state index is 0.0643. The standard InChI is InChI=1S/C32H26BrN3O3/c33-29-18-22(10-17-31(29)39-20-21-8-15-25(16-9-21)36(37)38)19-34-24-13-11-23(12-14-24)32-28-6-3-5-26(28)27-4-1-2-7-30(27)35-32/h1-5,7-19,26,28,32,35H,6,20H2/t26-,28-,32-/m0/s1. The number of nitro groups is 1. The number of ether oxygens (including phenoxy) is 1. The highest BCUT2D eigenvalue weighted by molar-refractivity contribution is 9.10. The Bertz CT molecular complexity index is 1560. The smallest absolute Gasteiger partial charge is 0.269 e. The average molecular weight is 580 g/mol. The van der Waals surface area contributed by atoms with Crippen molar-refractivity contribution >= 4 is 39.2 Å². The Morgan fingerprint density at radius 1 is 1.03 bits per heavy atom. The van der Waals surface area contributed by atoms with Crippen molar-refractivity contribution in [2.45, 2.75) is 25.0 Å². The Kier molecular flexibility index (Phi) is 6.99. The van der Waals surface area contributed by atoms with Crippen molar-refractivity contribution in [1.82, 2.24) is 0 Å². The SMILES string of the molecule is O=[N+]([O-])c1ccc(COc2ccc(C=Nc3ccc([C@@H]4Nc5ccccc5[C@@H]5C=CC[C@@H]54)cc3)cc2Br)cc1. The molecular weight excluding hydrogens is 554 g/mol. The number of benzene rings is 4. The summed E-state index contributed by atoms with van der Waals surface area (Å²) in [6.45, 7) is 0.315. The van der Waals surface area contributed by atoms with Crippen LogP contribution < -0.4 is 10.1 Å². The minimum atomic E-state index is -0.412. The molecule has 1 heterocycles. The highest BCUT2D eigenvalue weighted by Gasteiger charge is 2.37. The predicted octanol–water partition coefficient (Wildman–Crippen LogP) is 8.51. The largest absolute Gasteiger partial charge is 0.488 e. The summed E-state index contributed by atoms with van der Waals surface area (Å²) in [6.07, 6.45) is 7.60. The number of fused-ring (bicyclic) bond motifs is 3. The second-order valence-corrected chi connectivity index (χ2v) is 10.7. The Labute approximate surface area is 235 Å². The number of nitrogens with zero attached hydrogens (tertiary/aromatic N) is 2. The fourth-order valence-corrected chi connectivity index (χ4v) is 5.89. The molecule has 3 atom stereocenters. The molecule has 0 spiro atoms. The van der Waals surface area contributed by atoms with E-state index in [0.29, 0.717) is 24.2 Å². The van der Waals surface area contributed by atoms with Crippen LogP contribution in [-0.4, -0.2) is 11.1 Å². The van der Waals surface area contributed by atoms with E-state index in [9.17, 15) is 10.1 Å². The van der Waals surface area contributed by atoms with Gasteiger partial charge >= 0.3 is 0 Å². The highest BCUT2D eigenvalue weighted by atomic mass is 79.9. The van der Waals surface area contributed by atoms with Gasteiger partial charge < -0.3 is 10.1 Å². The minimum Gasteiger partial charge on any atom is -0.488 e. The Balaban J connectivity index is 1.10. The van der Waals surface area contributed by atoms with E-state index in [4.69, 9.17) is 4.74 Å². The van der Waals surface area contributed by atoms with Crippen molar-refractivity contribution in [3.63, 3.8) is 0 Å². The molecule has 0 unspecified atom stereocenters. The van der Waals surface area contributed by atoms with E-state index >= 15 is 0 Å². The summed E-state index contributed by atoms with van der Waals surface area (Å²) in [6, 6.07) is 29.5. The summed E-state index contributed by atoms with van der Waals surface area (Å²) < 4.78 is 6.70. The molecule has 0 saturated carbocycles. The monoisotopic (exact) mass is 579 g/mol. The van der Waals surface area contributed by atoms with E-state index in [2.05, 4.69) is 86.9 Å². The number of nitrogens with one attached hydrogen (secondary N) is 1. The topological polar surface area (TPSA) is 76.8 Å². The van der Waals surface area contributed by atoms with Gasteiger partial charge in [-0.3, -0.25) is 15.1 Å². The van der Waals surface area contributed by atoms with Crippen molar-refractivity contribution in [3.05, 3.63) is 140 Å². The summed E-state index contributed by atoms with van der Waals surface area (Å²) >= 11 is 3.58. The van der Waals surface area contributed by atoms with E-state index in [1.165, 1.54) is 28.9 Å². The third kappa shape index (κ3) is 5.36. The lowest BCUT2D eigenvalue weighted by atomic mass is 9.77. The van der Waals surface area contributed by atoms with Gasteiger partial charge in [-0.15, -0.1) is 0 Å². The summed E-state index contributed by atoms with van der Waals surface area (Å²) in [4.78, 5) is 15.1. The molecule has 6 rings (SSSR count). The number of hydrogen-bond donors (Lipinski definition) is 1. The summed E-state index contributed by atoms with van der Waals surface area (Å²) in [5, 5.41) is 14.6. The fraction of sp³-hybridized carbons (Fsp3) is 0.156. The normalized spacial score (nSPS) is 19.4. The molecule has 39 heavy (non-hydrogen) atoms. The van der Waals surface area contributed by atoms with Crippen LogP contribution in [0.2, 0.25) is 0 Å². The zero-order chi connectivity index (χ0) is 26.8. The van der Waals surface area contributed by atoms with Gasteiger partial charge in [-0.2, -0.15) is 0 Å². The molecule has 194 valence electrons. The molecule has 0 aromatic heterocycles. The molecule has 0 fully saturated rings. The zero-order valence-electron chi connectivity index (χ0n) is 21.0. The van der Waals surface area contributed by atoms with E-state index in [0.717, 1.165) is 27.7 Å². The molecular formula is C32H26BrN3O3. The molecule has 7 heteroatoms. The van der Waals surface area contributed by atoms with Gasteiger partial charge in [0.1, 0.15) is 12.4 Å².